The van der Waals surface area contributed by atoms with E-state index in [4.69, 9.17) is 0 Å². The highest BCUT2D eigenvalue weighted by Crippen LogP contribution is 2.41. The van der Waals surface area contributed by atoms with Crippen LogP contribution in [0.4, 0.5) is 5.69 Å². The fourth-order valence-corrected chi connectivity index (χ4v) is 5.32. The van der Waals surface area contributed by atoms with Crippen LogP contribution in [-0.2, 0) is 19.6 Å². The molecule has 0 saturated carbocycles. The van der Waals surface area contributed by atoms with E-state index in [0.29, 0.717) is 30.5 Å². The van der Waals surface area contributed by atoms with Crippen LogP contribution in [-0.4, -0.2) is 49.4 Å². The van der Waals surface area contributed by atoms with Crippen LogP contribution in [0.25, 0.3) is 10.8 Å². The number of sulfonamides is 1. The minimum Gasteiger partial charge on any atom is -0.480 e. The van der Waals surface area contributed by atoms with E-state index in [9.17, 15) is 23.1 Å². The van der Waals surface area contributed by atoms with Crippen molar-refractivity contribution in [2.24, 2.45) is 0 Å². The molecule has 7 nitrogen and oxygen atoms in total. The molecule has 1 amide bonds. The number of carboxylic acids is 1. The Morgan fingerprint density at radius 2 is 1.88 bits per heavy atom. The Kier molecular flexibility index (Phi) is 3.47. The Morgan fingerprint density at radius 3 is 2.60 bits per heavy atom. The molecule has 0 spiro atoms. The lowest BCUT2D eigenvalue weighted by Gasteiger charge is -2.25. The number of aliphatic carboxylic acids is 1. The highest BCUT2D eigenvalue weighted by molar-refractivity contribution is 7.93. The summed E-state index contributed by atoms with van der Waals surface area (Å²) in [5.74, 6) is -1.54. The number of hydrogen-bond acceptors (Lipinski definition) is 4. The Hall–Kier alpha value is -2.61. The van der Waals surface area contributed by atoms with Gasteiger partial charge in [0.05, 0.1) is 10.6 Å². The number of rotatable bonds is 3. The average Bonchev–Trinajstić information content (AvgIpc) is 3.15. The third kappa shape index (κ3) is 2.28. The van der Waals surface area contributed by atoms with E-state index in [0.717, 1.165) is 9.69 Å². The number of carboxylic acid groups (broad SMARTS) is 1. The lowest BCUT2D eigenvalue weighted by Crippen LogP contribution is -2.46. The van der Waals surface area contributed by atoms with Gasteiger partial charge in [-0.25, -0.2) is 13.2 Å². The van der Waals surface area contributed by atoms with Crippen molar-refractivity contribution < 1.29 is 23.1 Å². The van der Waals surface area contributed by atoms with Gasteiger partial charge in [0, 0.05) is 11.9 Å². The molecular formula is C17H16N2O5S. The molecular weight excluding hydrogens is 344 g/mol. The first kappa shape index (κ1) is 15.9. The molecule has 1 fully saturated rings. The van der Waals surface area contributed by atoms with Crippen molar-refractivity contribution in [2.75, 3.05) is 17.4 Å². The van der Waals surface area contributed by atoms with Gasteiger partial charge in [0.25, 0.3) is 10.0 Å². The zero-order chi connectivity index (χ0) is 17.8. The molecule has 8 heteroatoms. The Labute approximate surface area is 144 Å². The Morgan fingerprint density at radius 1 is 1.16 bits per heavy atom. The van der Waals surface area contributed by atoms with E-state index in [1.807, 2.05) is 12.1 Å². The summed E-state index contributed by atoms with van der Waals surface area (Å²) in [6.07, 6.45) is 0.995. The SMILES string of the molecule is O=C(O)[C@H]1CCCN1C(=O)CN1c2cccc3cccc(c23)S1(=O)=O. The number of carbonyl (C=O) groups excluding carboxylic acids is 1. The number of likely N-dealkylation sites (tertiary alicyclic amines) is 1. The van der Waals surface area contributed by atoms with Crippen molar-refractivity contribution in [2.45, 2.75) is 23.8 Å². The topological polar surface area (TPSA) is 95.0 Å². The summed E-state index contributed by atoms with van der Waals surface area (Å²) in [6.45, 7) is -0.0548. The molecule has 4 rings (SSSR count). The van der Waals surface area contributed by atoms with Gasteiger partial charge in [0.2, 0.25) is 5.91 Å². The molecule has 0 aliphatic carbocycles. The van der Waals surface area contributed by atoms with Gasteiger partial charge in [0.15, 0.2) is 0 Å². The Bertz CT molecular complexity index is 996. The van der Waals surface area contributed by atoms with Crippen LogP contribution in [0.3, 0.4) is 0 Å². The molecule has 0 radical (unpaired) electrons. The van der Waals surface area contributed by atoms with Crippen LogP contribution in [0.5, 0.6) is 0 Å². The van der Waals surface area contributed by atoms with Crippen molar-refractivity contribution in [3.63, 3.8) is 0 Å². The zero-order valence-electron chi connectivity index (χ0n) is 13.3. The second-order valence-corrected chi connectivity index (χ2v) is 8.06. The summed E-state index contributed by atoms with van der Waals surface area (Å²) in [7, 11) is -3.82. The van der Waals surface area contributed by atoms with Gasteiger partial charge in [-0.05, 0) is 30.4 Å². The molecule has 1 atom stereocenters. The quantitative estimate of drug-likeness (QED) is 0.893. The zero-order valence-corrected chi connectivity index (χ0v) is 14.1. The maximum Gasteiger partial charge on any atom is 0.326 e. The standard InChI is InChI=1S/C17H16N2O5S/c20-15(18-9-3-7-13(18)17(21)22)10-19-12-6-1-4-11-5-2-8-14(16(11)12)25(19,23)24/h1-2,4-6,8,13H,3,7,9-10H2,(H,21,22)/t13-/m1/s1. The van der Waals surface area contributed by atoms with E-state index in [2.05, 4.69) is 0 Å². The highest BCUT2D eigenvalue weighted by atomic mass is 32.2. The first-order valence-electron chi connectivity index (χ1n) is 7.98. The van der Waals surface area contributed by atoms with Gasteiger partial charge in [-0.2, -0.15) is 0 Å². The van der Waals surface area contributed by atoms with Gasteiger partial charge < -0.3 is 10.0 Å². The molecule has 25 heavy (non-hydrogen) atoms. The molecule has 0 bridgehead atoms. The monoisotopic (exact) mass is 360 g/mol. The lowest BCUT2D eigenvalue weighted by atomic mass is 10.1. The number of carbonyl (C=O) groups is 2. The summed E-state index contributed by atoms with van der Waals surface area (Å²) >= 11 is 0. The maximum absolute atomic E-state index is 12.9. The second-order valence-electron chi connectivity index (χ2n) is 6.23. The summed E-state index contributed by atoms with van der Waals surface area (Å²) in [6, 6.07) is 9.38. The average molecular weight is 360 g/mol. The first-order chi connectivity index (χ1) is 11.9. The second kappa shape index (κ2) is 5.45. The van der Waals surface area contributed by atoms with Gasteiger partial charge in [-0.1, -0.05) is 24.3 Å². The summed E-state index contributed by atoms with van der Waals surface area (Å²) < 4.78 is 26.8. The summed E-state index contributed by atoms with van der Waals surface area (Å²) in [4.78, 5) is 25.4. The number of benzene rings is 2. The maximum atomic E-state index is 12.9. The van der Waals surface area contributed by atoms with Crippen LogP contribution < -0.4 is 4.31 Å². The van der Waals surface area contributed by atoms with Gasteiger partial charge in [0.1, 0.15) is 12.6 Å². The number of amides is 1. The third-order valence-electron chi connectivity index (χ3n) is 4.82. The largest absolute Gasteiger partial charge is 0.480 e. The Balaban J connectivity index is 1.72. The lowest BCUT2D eigenvalue weighted by molar-refractivity contribution is -0.147. The highest BCUT2D eigenvalue weighted by Gasteiger charge is 2.40. The van der Waals surface area contributed by atoms with Crippen LogP contribution in [0.2, 0.25) is 0 Å². The molecule has 130 valence electrons. The molecule has 2 aliphatic heterocycles. The van der Waals surface area contributed by atoms with Gasteiger partial charge in [-0.3, -0.25) is 9.10 Å². The number of hydrogen-bond donors (Lipinski definition) is 1. The molecule has 1 saturated heterocycles. The van der Waals surface area contributed by atoms with Crippen LogP contribution >= 0.6 is 0 Å². The van der Waals surface area contributed by atoms with Crippen molar-refractivity contribution in [3.05, 3.63) is 36.4 Å². The fraction of sp³-hybridized carbons (Fsp3) is 0.294. The summed E-state index contributed by atoms with van der Waals surface area (Å²) in [5.41, 5.74) is 0.465. The molecule has 2 heterocycles. The molecule has 0 unspecified atom stereocenters. The predicted octanol–water partition coefficient (Wildman–Crippen LogP) is 1.42. The first-order valence-corrected chi connectivity index (χ1v) is 9.42. The van der Waals surface area contributed by atoms with Crippen molar-refractivity contribution in [1.82, 2.24) is 4.90 Å². The van der Waals surface area contributed by atoms with E-state index >= 15 is 0 Å². The van der Waals surface area contributed by atoms with Crippen LogP contribution in [0.15, 0.2) is 41.3 Å². The number of anilines is 1. The normalized spacial score (nSPS) is 21.0. The summed E-state index contributed by atoms with van der Waals surface area (Å²) in [5, 5.41) is 10.6. The van der Waals surface area contributed by atoms with Crippen molar-refractivity contribution in [3.8, 4) is 0 Å². The fourth-order valence-electron chi connectivity index (χ4n) is 3.66. The number of nitrogens with zero attached hydrogens (tertiary/aromatic N) is 2. The van der Waals surface area contributed by atoms with Gasteiger partial charge in [-0.15, -0.1) is 0 Å². The molecule has 2 aromatic carbocycles. The van der Waals surface area contributed by atoms with Crippen LogP contribution in [0, 0.1) is 0 Å². The molecule has 1 N–H and O–H groups in total. The van der Waals surface area contributed by atoms with E-state index in [1.54, 1.807) is 18.2 Å². The van der Waals surface area contributed by atoms with E-state index in [-0.39, 0.29) is 11.4 Å². The van der Waals surface area contributed by atoms with Crippen LogP contribution in [0.1, 0.15) is 12.8 Å². The molecule has 2 aromatic rings. The molecule has 2 aliphatic rings. The minimum atomic E-state index is -3.82. The minimum absolute atomic E-state index is 0.185. The van der Waals surface area contributed by atoms with E-state index in [1.165, 1.54) is 11.0 Å². The predicted molar refractivity (Wildman–Crippen MR) is 90.9 cm³/mol. The van der Waals surface area contributed by atoms with Crippen molar-refractivity contribution >= 4 is 38.4 Å². The van der Waals surface area contributed by atoms with E-state index < -0.39 is 27.9 Å². The van der Waals surface area contributed by atoms with Crippen molar-refractivity contribution in [1.29, 1.82) is 0 Å². The molecule has 0 aromatic heterocycles. The van der Waals surface area contributed by atoms with Gasteiger partial charge >= 0.3 is 5.97 Å². The third-order valence-corrected chi connectivity index (χ3v) is 6.62. The smallest absolute Gasteiger partial charge is 0.326 e.